The zero-order valence-electron chi connectivity index (χ0n) is 12.3. The molecule has 0 aliphatic carbocycles. The Balaban J connectivity index is 2.29. The third-order valence-electron chi connectivity index (χ3n) is 2.85. The predicted molar refractivity (Wildman–Crippen MR) is 87.1 cm³/mol. The zero-order chi connectivity index (χ0) is 18.3. The van der Waals surface area contributed by atoms with Gasteiger partial charge >= 0.3 is 18.1 Å². The van der Waals surface area contributed by atoms with Crippen LogP contribution < -0.4 is 5.32 Å². The monoisotopic (exact) mass is 475 g/mol. The Morgan fingerprint density at radius 3 is 2.21 bits per heavy atom. The first-order valence-electron chi connectivity index (χ1n) is 6.40. The minimum absolute atomic E-state index is 0.114. The quantitative estimate of drug-likeness (QED) is 0.302. The highest BCUT2D eigenvalue weighted by molar-refractivity contribution is 14.1. The second kappa shape index (κ2) is 6.43. The molecule has 2 rings (SSSR count). The number of benzene rings is 1. The van der Waals surface area contributed by atoms with Gasteiger partial charge in [-0.25, -0.2) is 9.59 Å². The molecule has 0 amide bonds. The highest BCUT2D eigenvalue weighted by Crippen LogP contribution is 2.37. The van der Waals surface area contributed by atoms with Crippen molar-refractivity contribution in [2.75, 3.05) is 5.32 Å². The van der Waals surface area contributed by atoms with Gasteiger partial charge < -0.3 is 14.8 Å². The number of anilines is 1. The van der Waals surface area contributed by atoms with E-state index in [-0.39, 0.29) is 14.3 Å². The average molecular weight is 476 g/mol. The summed E-state index contributed by atoms with van der Waals surface area (Å²) >= 11 is 7.50. The molecule has 1 aromatic rings. The van der Waals surface area contributed by atoms with Gasteiger partial charge in [0.25, 0.3) is 5.79 Å². The first-order valence-corrected chi connectivity index (χ1v) is 7.86. The molecule has 5 nitrogen and oxygen atoms in total. The van der Waals surface area contributed by atoms with Crippen LogP contribution in [0.2, 0.25) is 5.02 Å². The number of halogens is 5. The van der Waals surface area contributed by atoms with Crippen LogP contribution in [0.5, 0.6) is 0 Å². The van der Waals surface area contributed by atoms with Crippen molar-refractivity contribution in [1.29, 1.82) is 0 Å². The Morgan fingerprint density at radius 2 is 1.75 bits per heavy atom. The van der Waals surface area contributed by atoms with Crippen LogP contribution in [0.15, 0.2) is 23.9 Å². The molecule has 0 atom stereocenters. The third-order valence-corrected chi connectivity index (χ3v) is 4.00. The number of carbonyl (C=O) groups is 2. The van der Waals surface area contributed by atoms with Gasteiger partial charge in [0.2, 0.25) is 0 Å². The molecule has 1 fully saturated rings. The molecule has 1 aromatic carbocycles. The number of hydrogen-bond donors (Lipinski definition) is 1. The molecule has 1 saturated heterocycles. The Labute approximate surface area is 153 Å². The lowest BCUT2D eigenvalue weighted by Gasteiger charge is -2.29. The molecular formula is C14H10ClF3INO4. The van der Waals surface area contributed by atoms with Gasteiger partial charge in [-0.05, 0) is 34.7 Å². The first-order chi connectivity index (χ1) is 10.9. The first kappa shape index (κ1) is 18.8. The van der Waals surface area contributed by atoms with E-state index in [0.29, 0.717) is 0 Å². The van der Waals surface area contributed by atoms with Crippen molar-refractivity contribution in [3.63, 3.8) is 0 Å². The highest BCUT2D eigenvalue weighted by Gasteiger charge is 2.39. The van der Waals surface area contributed by atoms with Crippen LogP contribution in [0.25, 0.3) is 0 Å². The molecule has 0 radical (unpaired) electrons. The zero-order valence-corrected chi connectivity index (χ0v) is 15.2. The summed E-state index contributed by atoms with van der Waals surface area (Å²) in [6, 6.07) is 1.62. The predicted octanol–water partition coefficient (Wildman–Crippen LogP) is 4.10. The van der Waals surface area contributed by atoms with Gasteiger partial charge in [-0.15, -0.1) is 0 Å². The second-order valence-corrected chi connectivity index (χ2v) is 6.76. The van der Waals surface area contributed by atoms with E-state index in [9.17, 15) is 22.8 Å². The Morgan fingerprint density at radius 1 is 1.21 bits per heavy atom. The summed E-state index contributed by atoms with van der Waals surface area (Å²) in [6.45, 7) is 2.78. The van der Waals surface area contributed by atoms with Crippen molar-refractivity contribution in [2.24, 2.45) is 0 Å². The van der Waals surface area contributed by atoms with E-state index >= 15 is 0 Å². The number of nitrogens with one attached hydrogen (secondary N) is 1. The van der Waals surface area contributed by atoms with Gasteiger partial charge in [0.1, 0.15) is 0 Å². The van der Waals surface area contributed by atoms with Crippen molar-refractivity contribution in [3.05, 3.63) is 38.1 Å². The van der Waals surface area contributed by atoms with Crippen molar-refractivity contribution >= 4 is 51.8 Å². The molecule has 24 heavy (non-hydrogen) atoms. The van der Waals surface area contributed by atoms with Crippen LogP contribution in [0, 0.1) is 3.57 Å². The largest absolute Gasteiger partial charge is 0.419 e. The maximum Gasteiger partial charge on any atom is 0.416 e. The summed E-state index contributed by atoms with van der Waals surface area (Å²) < 4.78 is 48.1. The van der Waals surface area contributed by atoms with Crippen molar-refractivity contribution in [3.8, 4) is 0 Å². The Bertz CT molecular complexity index is 701. The SMILES string of the molecule is CC1(C)OC(=O)C(=CNc2c(Cl)cc(C(F)(F)F)cc2I)C(=O)O1. The number of alkyl halides is 3. The number of hydrogen-bond acceptors (Lipinski definition) is 5. The van der Waals surface area contributed by atoms with Crippen LogP contribution >= 0.6 is 34.2 Å². The van der Waals surface area contributed by atoms with E-state index in [1.807, 2.05) is 0 Å². The van der Waals surface area contributed by atoms with Crippen LogP contribution in [0.1, 0.15) is 19.4 Å². The maximum atomic E-state index is 12.7. The molecule has 1 aliphatic heterocycles. The van der Waals surface area contributed by atoms with E-state index in [2.05, 4.69) is 5.32 Å². The molecule has 1 aliphatic rings. The summed E-state index contributed by atoms with van der Waals surface area (Å²) in [4.78, 5) is 23.6. The third kappa shape index (κ3) is 4.12. The van der Waals surface area contributed by atoms with E-state index in [0.717, 1.165) is 18.3 Å². The number of ether oxygens (including phenoxy) is 2. The fraction of sp³-hybridized carbons (Fsp3) is 0.286. The van der Waals surface area contributed by atoms with E-state index in [1.165, 1.54) is 13.8 Å². The number of cyclic esters (lactones) is 2. The van der Waals surface area contributed by atoms with Crippen molar-refractivity contribution in [1.82, 2.24) is 0 Å². The molecule has 1 N–H and O–H groups in total. The lowest BCUT2D eigenvalue weighted by atomic mass is 10.2. The minimum Gasteiger partial charge on any atom is -0.419 e. The van der Waals surface area contributed by atoms with Gasteiger partial charge in [-0.3, -0.25) is 0 Å². The summed E-state index contributed by atoms with van der Waals surface area (Å²) in [7, 11) is 0. The highest BCUT2D eigenvalue weighted by atomic mass is 127. The fourth-order valence-electron chi connectivity index (χ4n) is 1.80. The van der Waals surface area contributed by atoms with E-state index in [4.69, 9.17) is 21.1 Å². The maximum absolute atomic E-state index is 12.7. The molecule has 0 bridgehead atoms. The number of rotatable bonds is 2. The van der Waals surface area contributed by atoms with Crippen molar-refractivity contribution < 1.29 is 32.2 Å². The van der Waals surface area contributed by atoms with Gasteiger partial charge in [0.05, 0.1) is 16.3 Å². The van der Waals surface area contributed by atoms with Gasteiger partial charge in [-0.1, -0.05) is 11.6 Å². The minimum atomic E-state index is -4.54. The second-order valence-electron chi connectivity index (χ2n) is 5.19. The van der Waals surface area contributed by atoms with Gasteiger partial charge in [-0.2, -0.15) is 13.2 Å². The molecule has 0 aromatic heterocycles. The van der Waals surface area contributed by atoms with E-state index < -0.39 is 35.0 Å². The average Bonchev–Trinajstić information content (AvgIpc) is 2.37. The lowest BCUT2D eigenvalue weighted by Crippen LogP contribution is -2.42. The molecule has 0 spiro atoms. The Kier molecular flexibility index (Phi) is 5.05. The van der Waals surface area contributed by atoms with Gasteiger partial charge in [0.15, 0.2) is 5.57 Å². The molecule has 130 valence electrons. The molecule has 0 unspecified atom stereocenters. The van der Waals surface area contributed by atoms with Crippen LogP contribution in [-0.2, 0) is 25.2 Å². The lowest BCUT2D eigenvalue weighted by molar-refractivity contribution is -0.222. The van der Waals surface area contributed by atoms with Crippen molar-refractivity contribution in [2.45, 2.75) is 25.8 Å². The standard InChI is InChI=1S/C14H10ClF3INO4/c1-13(2)23-11(21)7(12(22)24-13)5-20-10-8(15)3-6(4-9(10)19)14(16,17)18/h3-5,20H,1-2H3. The molecular weight excluding hydrogens is 466 g/mol. The summed E-state index contributed by atoms with van der Waals surface area (Å²) in [6.07, 6.45) is -3.56. The van der Waals surface area contributed by atoms with Crippen LogP contribution in [0.4, 0.5) is 18.9 Å². The molecule has 10 heteroatoms. The van der Waals surface area contributed by atoms with E-state index in [1.54, 1.807) is 22.6 Å². The Hall–Kier alpha value is -1.49. The van der Waals surface area contributed by atoms with Gasteiger partial charge in [0, 0.05) is 23.6 Å². The number of esters is 2. The molecule has 1 heterocycles. The molecule has 0 saturated carbocycles. The fourth-order valence-corrected chi connectivity index (χ4v) is 3.01. The topological polar surface area (TPSA) is 64.6 Å². The van der Waals surface area contributed by atoms with Crippen LogP contribution in [0.3, 0.4) is 0 Å². The summed E-state index contributed by atoms with van der Waals surface area (Å²) in [5, 5.41) is 2.33. The summed E-state index contributed by atoms with van der Waals surface area (Å²) in [5.74, 6) is -3.21. The normalized spacial score (nSPS) is 17.2. The van der Waals surface area contributed by atoms with Crippen LogP contribution in [-0.4, -0.2) is 17.7 Å². The summed E-state index contributed by atoms with van der Waals surface area (Å²) in [5.41, 5.74) is -1.22. The smallest absolute Gasteiger partial charge is 0.416 e. The number of carbonyl (C=O) groups excluding carboxylic acids is 2.